The van der Waals surface area contributed by atoms with Crippen molar-refractivity contribution in [2.75, 3.05) is 33.3 Å². The van der Waals surface area contributed by atoms with Crippen molar-refractivity contribution in [1.82, 2.24) is 20.9 Å². The quantitative estimate of drug-likeness (QED) is 0.195. The van der Waals surface area contributed by atoms with Crippen LogP contribution < -0.4 is 16.0 Å². The molecule has 0 radical (unpaired) electrons. The van der Waals surface area contributed by atoms with Crippen LogP contribution in [0.5, 0.6) is 0 Å². The minimum absolute atomic E-state index is 0. The Morgan fingerprint density at radius 1 is 1.29 bits per heavy atom. The van der Waals surface area contributed by atoms with Gasteiger partial charge in [0.25, 0.3) is 5.91 Å². The summed E-state index contributed by atoms with van der Waals surface area (Å²) < 4.78 is 0. The molecule has 2 heterocycles. The minimum atomic E-state index is -0.810. The van der Waals surface area contributed by atoms with E-state index in [0.717, 1.165) is 57.7 Å². The molecule has 0 aromatic rings. The van der Waals surface area contributed by atoms with Gasteiger partial charge in [0.05, 0.1) is 0 Å². The van der Waals surface area contributed by atoms with Crippen molar-refractivity contribution in [3.63, 3.8) is 0 Å². The molecule has 3 aliphatic rings. The third kappa shape index (κ3) is 4.72. The number of guanidine groups is 1. The molecule has 2 aliphatic heterocycles. The number of nitrogens with zero attached hydrogens (tertiary/aromatic N) is 2. The summed E-state index contributed by atoms with van der Waals surface area (Å²) in [5, 5.41) is 18.1. The lowest BCUT2D eigenvalue weighted by Crippen LogP contribution is -2.56. The van der Waals surface area contributed by atoms with Gasteiger partial charge in [-0.2, -0.15) is 0 Å². The smallest absolute Gasteiger partial charge is 0.322 e. The molecule has 0 aromatic carbocycles. The number of hydrogen-bond acceptors (Lipinski definition) is 4. The summed E-state index contributed by atoms with van der Waals surface area (Å²) in [6.45, 7) is 4.50. The number of aliphatic imine (C=N–C) groups is 1. The second-order valence-corrected chi connectivity index (χ2v) is 8.45. The molecule has 3 fully saturated rings. The zero-order valence-corrected chi connectivity index (χ0v) is 19.3. The Labute approximate surface area is 184 Å². The number of piperidine rings is 1. The molecule has 1 saturated carbocycles. The van der Waals surface area contributed by atoms with Crippen LogP contribution in [0, 0.1) is 11.3 Å². The molecule has 9 heteroatoms. The van der Waals surface area contributed by atoms with Gasteiger partial charge < -0.3 is 20.6 Å². The molecule has 3 rings (SSSR count). The SMILES string of the molecule is CN=C(NCC1(CCO)CCCC1)N1CCC(C2(C)NC(=O)NC2=O)CC1.I. The number of imide groups is 1. The first kappa shape index (κ1) is 23.2. The zero-order valence-electron chi connectivity index (χ0n) is 16.9. The van der Waals surface area contributed by atoms with Gasteiger partial charge in [0.2, 0.25) is 0 Å². The van der Waals surface area contributed by atoms with Crippen molar-refractivity contribution in [2.24, 2.45) is 16.3 Å². The molecular formula is C19H34IN5O3. The summed E-state index contributed by atoms with van der Waals surface area (Å²) in [7, 11) is 1.80. The highest BCUT2D eigenvalue weighted by atomic mass is 127. The van der Waals surface area contributed by atoms with E-state index in [1.807, 2.05) is 6.92 Å². The van der Waals surface area contributed by atoms with Gasteiger partial charge in [-0.25, -0.2) is 4.79 Å². The Morgan fingerprint density at radius 3 is 2.43 bits per heavy atom. The average molecular weight is 507 g/mol. The van der Waals surface area contributed by atoms with Gasteiger partial charge in [-0.15, -0.1) is 24.0 Å². The Balaban J connectivity index is 0.00000280. The molecule has 2 saturated heterocycles. The van der Waals surface area contributed by atoms with E-state index in [-0.39, 0.29) is 47.8 Å². The third-order valence-corrected chi connectivity index (χ3v) is 6.82. The normalized spacial score (nSPS) is 28.0. The first-order chi connectivity index (χ1) is 12.9. The molecule has 160 valence electrons. The molecule has 4 N–H and O–H groups in total. The van der Waals surface area contributed by atoms with Gasteiger partial charge in [0.15, 0.2) is 5.96 Å². The van der Waals surface area contributed by atoms with Gasteiger partial charge in [0, 0.05) is 33.3 Å². The van der Waals surface area contributed by atoms with Crippen molar-refractivity contribution in [3.8, 4) is 0 Å². The highest BCUT2D eigenvalue weighted by Crippen LogP contribution is 2.40. The molecule has 0 bridgehead atoms. The van der Waals surface area contributed by atoms with Crippen molar-refractivity contribution >= 4 is 41.9 Å². The van der Waals surface area contributed by atoms with E-state index in [4.69, 9.17) is 0 Å². The van der Waals surface area contributed by atoms with E-state index >= 15 is 0 Å². The van der Waals surface area contributed by atoms with Crippen molar-refractivity contribution in [3.05, 3.63) is 0 Å². The predicted octanol–water partition coefficient (Wildman–Crippen LogP) is 1.43. The van der Waals surface area contributed by atoms with Crippen LogP contribution in [0.1, 0.15) is 51.9 Å². The maximum absolute atomic E-state index is 12.2. The summed E-state index contributed by atoms with van der Waals surface area (Å²) in [6, 6.07) is -0.395. The van der Waals surface area contributed by atoms with Gasteiger partial charge in [0.1, 0.15) is 5.54 Å². The first-order valence-electron chi connectivity index (χ1n) is 10.1. The topological polar surface area (TPSA) is 106 Å². The minimum Gasteiger partial charge on any atom is -0.396 e. The summed E-state index contributed by atoms with van der Waals surface area (Å²) in [4.78, 5) is 30.4. The monoisotopic (exact) mass is 507 g/mol. The van der Waals surface area contributed by atoms with Gasteiger partial charge in [-0.1, -0.05) is 12.8 Å². The van der Waals surface area contributed by atoms with Crippen LogP contribution in [0.25, 0.3) is 0 Å². The van der Waals surface area contributed by atoms with E-state index in [0.29, 0.717) is 0 Å². The van der Waals surface area contributed by atoms with Crippen LogP contribution in [0.3, 0.4) is 0 Å². The molecular weight excluding hydrogens is 473 g/mol. The van der Waals surface area contributed by atoms with Gasteiger partial charge in [-0.05, 0) is 50.4 Å². The molecule has 0 aromatic heterocycles. The van der Waals surface area contributed by atoms with Crippen molar-refractivity contribution in [1.29, 1.82) is 0 Å². The summed E-state index contributed by atoms with van der Waals surface area (Å²) in [6.07, 6.45) is 7.28. The molecule has 8 nitrogen and oxygen atoms in total. The van der Waals surface area contributed by atoms with Crippen molar-refractivity contribution in [2.45, 2.75) is 57.4 Å². The Hall–Kier alpha value is -1.10. The number of urea groups is 1. The van der Waals surface area contributed by atoms with Crippen LogP contribution in [-0.2, 0) is 4.79 Å². The number of nitrogens with one attached hydrogen (secondary N) is 3. The lowest BCUT2D eigenvalue weighted by atomic mass is 9.79. The number of carbonyl (C=O) groups is 2. The molecule has 1 atom stereocenters. The maximum Gasteiger partial charge on any atom is 0.322 e. The number of carbonyl (C=O) groups excluding carboxylic acids is 2. The van der Waals surface area contributed by atoms with Crippen LogP contribution in [0.15, 0.2) is 4.99 Å². The van der Waals surface area contributed by atoms with Crippen LogP contribution in [0.4, 0.5) is 4.79 Å². The number of halogens is 1. The molecule has 1 aliphatic carbocycles. The molecule has 0 spiro atoms. The Bertz CT molecular complexity index is 600. The number of hydrogen-bond donors (Lipinski definition) is 4. The fourth-order valence-electron chi connectivity index (χ4n) is 4.99. The first-order valence-corrected chi connectivity index (χ1v) is 10.1. The van der Waals surface area contributed by atoms with Crippen LogP contribution >= 0.6 is 24.0 Å². The lowest BCUT2D eigenvalue weighted by Gasteiger charge is -2.40. The van der Waals surface area contributed by atoms with Crippen molar-refractivity contribution < 1.29 is 14.7 Å². The summed E-state index contributed by atoms with van der Waals surface area (Å²) in [5.41, 5.74) is -0.627. The highest BCUT2D eigenvalue weighted by molar-refractivity contribution is 14.0. The fourth-order valence-corrected chi connectivity index (χ4v) is 4.99. The zero-order chi connectivity index (χ0) is 19.5. The second-order valence-electron chi connectivity index (χ2n) is 8.45. The summed E-state index contributed by atoms with van der Waals surface area (Å²) >= 11 is 0. The van der Waals surface area contributed by atoms with E-state index in [1.165, 1.54) is 12.8 Å². The van der Waals surface area contributed by atoms with E-state index in [2.05, 4.69) is 25.8 Å². The molecule has 1 unspecified atom stereocenters. The van der Waals surface area contributed by atoms with Crippen LogP contribution in [0.2, 0.25) is 0 Å². The van der Waals surface area contributed by atoms with E-state index in [9.17, 15) is 14.7 Å². The van der Waals surface area contributed by atoms with Crippen LogP contribution in [-0.4, -0.2) is 66.7 Å². The standard InChI is InChI=1S/C19H33N5O3.HI/c1-18(15(26)22-17(27)23-18)14-5-10-24(11-6-14)16(20-2)21-13-19(9-12-25)7-3-4-8-19;/h14,25H,3-13H2,1-2H3,(H,20,21)(H2,22,23,26,27);1H. The number of amides is 3. The predicted molar refractivity (Wildman–Crippen MR) is 119 cm³/mol. The molecule has 3 amide bonds. The number of rotatable bonds is 5. The van der Waals surface area contributed by atoms with E-state index in [1.54, 1.807) is 7.05 Å². The Kier molecular flexibility index (Phi) is 7.95. The highest BCUT2D eigenvalue weighted by Gasteiger charge is 2.48. The van der Waals surface area contributed by atoms with Gasteiger partial charge in [-0.3, -0.25) is 15.1 Å². The second kappa shape index (κ2) is 9.60. The number of aliphatic hydroxyl groups excluding tert-OH is 1. The molecule has 28 heavy (non-hydrogen) atoms. The number of likely N-dealkylation sites (tertiary alicyclic amines) is 1. The largest absolute Gasteiger partial charge is 0.396 e. The van der Waals surface area contributed by atoms with Gasteiger partial charge >= 0.3 is 6.03 Å². The number of aliphatic hydroxyl groups is 1. The fraction of sp³-hybridized carbons (Fsp3) is 0.842. The maximum atomic E-state index is 12.2. The van der Waals surface area contributed by atoms with E-state index < -0.39 is 11.6 Å². The summed E-state index contributed by atoms with van der Waals surface area (Å²) in [5.74, 6) is 0.789. The average Bonchev–Trinajstić information content (AvgIpc) is 3.21. The lowest BCUT2D eigenvalue weighted by molar-refractivity contribution is -0.125. The Morgan fingerprint density at radius 2 is 1.93 bits per heavy atom. The third-order valence-electron chi connectivity index (χ3n) is 6.82.